The molecule has 2 aromatic rings. The smallest absolute Gasteiger partial charge is 0.261 e. The van der Waals surface area contributed by atoms with Gasteiger partial charge in [-0.25, -0.2) is 17.5 Å². The van der Waals surface area contributed by atoms with Crippen molar-refractivity contribution in [2.45, 2.75) is 37.6 Å². The van der Waals surface area contributed by atoms with Crippen LogP contribution in [-0.2, 0) is 10.0 Å². The summed E-state index contributed by atoms with van der Waals surface area (Å²) in [5.74, 6) is -0.604. The Bertz CT molecular complexity index is 919. The lowest BCUT2D eigenvalue weighted by molar-refractivity contribution is 0.0938. The van der Waals surface area contributed by atoms with Gasteiger partial charge in [-0.3, -0.25) is 4.79 Å². The molecular formula is C19H23FN2O3S2. The van der Waals surface area contributed by atoms with Crippen LogP contribution in [0.15, 0.2) is 36.4 Å². The van der Waals surface area contributed by atoms with Crippen molar-refractivity contribution >= 4 is 27.3 Å². The molecule has 5 nitrogen and oxygen atoms in total. The van der Waals surface area contributed by atoms with E-state index in [9.17, 15) is 17.6 Å². The van der Waals surface area contributed by atoms with Gasteiger partial charge in [0.1, 0.15) is 5.82 Å². The first kappa shape index (κ1) is 20.0. The summed E-state index contributed by atoms with van der Waals surface area (Å²) >= 11 is 1.22. The highest BCUT2D eigenvalue weighted by molar-refractivity contribution is 7.88. The Hall–Kier alpha value is -1.77. The minimum atomic E-state index is -3.37. The van der Waals surface area contributed by atoms with E-state index < -0.39 is 15.6 Å². The zero-order chi connectivity index (χ0) is 19.5. The van der Waals surface area contributed by atoms with E-state index in [4.69, 9.17) is 0 Å². The summed E-state index contributed by atoms with van der Waals surface area (Å²) in [6, 6.07) is 9.83. The third-order valence-electron chi connectivity index (χ3n) is 4.77. The van der Waals surface area contributed by atoms with Crippen LogP contribution in [0.3, 0.4) is 0 Å². The van der Waals surface area contributed by atoms with Crippen LogP contribution >= 0.6 is 11.3 Å². The van der Waals surface area contributed by atoms with E-state index in [2.05, 4.69) is 10.0 Å². The van der Waals surface area contributed by atoms with Crippen LogP contribution in [0, 0.1) is 5.82 Å². The average Bonchev–Trinajstić information content (AvgIpc) is 3.09. The van der Waals surface area contributed by atoms with E-state index in [-0.39, 0.29) is 18.3 Å². The van der Waals surface area contributed by atoms with Crippen LogP contribution in [0.4, 0.5) is 4.39 Å². The largest absolute Gasteiger partial charge is 0.349 e. The quantitative estimate of drug-likeness (QED) is 0.765. The summed E-state index contributed by atoms with van der Waals surface area (Å²) in [7, 11) is -3.37. The van der Waals surface area contributed by atoms with Crippen molar-refractivity contribution in [2.75, 3.05) is 12.8 Å². The molecule has 1 fully saturated rings. The van der Waals surface area contributed by atoms with E-state index in [1.54, 1.807) is 30.3 Å². The molecule has 1 heterocycles. The van der Waals surface area contributed by atoms with Crippen molar-refractivity contribution in [1.82, 2.24) is 10.0 Å². The topological polar surface area (TPSA) is 75.3 Å². The molecule has 0 bridgehead atoms. The Morgan fingerprint density at radius 1 is 1.15 bits per heavy atom. The number of halogens is 1. The molecule has 0 radical (unpaired) electrons. The summed E-state index contributed by atoms with van der Waals surface area (Å²) in [5, 5.41) is 2.86. The number of hydrogen-bond acceptors (Lipinski definition) is 4. The number of carbonyl (C=O) groups is 1. The van der Waals surface area contributed by atoms with Gasteiger partial charge in [-0.1, -0.05) is 37.5 Å². The van der Waals surface area contributed by atoms with Crippen LogP contribution in [0.2, 0.25) is 0 Å². The second kappa shape index (κ2) is 8.08. The van der Waals surface area contributed by atoms with Crippen LogP contribution in [-0.4, -0.2) is 32.7 Å². The maximum Gasteiger partial charge on any atom is 0.261 e. The lowest BCUT2D eigenvalue weighted by Crippen LogP contribution is -2.56. The molecule has 1 aliphatic rings. The zero-order valence-corrected chi connectivity index (χ0v) is 16.8. The second-order valence-electron chi connectivity index (χ2n) is 7.04. The first-order valence-electron chi connectivity index (χ1n) is 8.90. The van der Waals surface area contributed by atoms with Crippen LogP contribution in [0.1, 0.15) is 41.8 Å². The molecule has 146 valence electrons. The fourth-order valence-electron chi connectivity index (χ4n) is 3.54. The molecule has 2 N–H and O–H groups in total. The van der Waals surface area contributed by atoms with Crippen LogP contribution in [0.25, 0.3) is 10.4 Å². The number of amides is 1. The van der Waals surface area contributed by atoms with Crippen molar-refractivity contribution in [2.24, 2.45) is 0 Å². The van der Waals surface area contributed by atoms with Gasteiger partial charge in [-0.2, -0.15) is 0 Å². The summed E-state index contributed by atoms with van der Waals surface area (Å²) in [5.41, 5.74) is -0.170. The third kappa shape index (κ3) is 5.15. The SMILES string of the molecule is CS(=O)(=O)NC1(CNC(=O)c2ccc(-c3ccccc3F)s2)CCCCC1. The Morgan fingerprint density at radius 2 is 1.85 bits per heavy atom. The number of rotatable bonds is 6. The number of nitrogens with one attached hydrogen (secondary N) is 2. The fraction of sp³-hybridized carbons (Fsp3) is 0.421. The number of sulfonamides is 1. The highest BCUT2D eigenvalue weighted by Gasteiger charge is 2.35. The van der Waals surface area contributed by atoms with Crippen molar-refractivity contribution < 1.29 is 17.6 Å². The van der Waals surface area contributed by atoms with E-state index in [0.717, 1.165) is 25.5 Å². The molecule has 0 spiro atoms. The van der Waals surface area contributed by atoms with Gasteiger partial charge in [0.25, 0.3) is 5.91 Å². The minimum absolute atomic E-state index is 0.242. The van der Waals surface area contributed by atoms with Gasteiger partial charge in [0.05, 0.1) is 16.7 Å². The Kier molecular flexibility index (Phi) is 5.98. The van der Waals surface area contributed by atoms with Gasteiger partial charge in [0, 0.05) is 17.0 Å². The normalized spacial score (nSPS) is 16.8. The standard InChI is InChI=1S/C19H23FN2O3S2/c1-27(24,25)22-19(11-5-2-6-12-19)13-21-18(23)17-10-9-16(26-17)14-7-3-4-8-15(14)20/h3-4,7-10,22H,2,5-6,11-13H2,1H3,(H,21,23). The number of benzene rings is 1. The first-order chi connectivity index (χ1) is 12.8. The second-order valence-corrected chi connectivity index (χ2v) is 9.87. The average molecular weight is 411 g/mol. The number of hydrogen-bond donors (Lipinski definition) is 2. The highest BCUT2D eigenvalue weighted by atomic mass is 32.2. The molecule has 8 heteroatoms. The predicted molar refractivity (Wildman–Crippen MR) is 106 cm³/mol. The molecule has 1 aliphatic carbocycles. The molecule has 0 unspecified atom stereocenters. The van der Waals surface area contributed by atoms with E-state index >= 15 is 0 Å². The van der Waals surface area contributed by atoms with E-state index in [0.29, 0.717) is 28.2 Å². The number of carbonyl (C=O) groups excluding carboxylic acids is 1. The molecule has 0 saturated heterocycles. The van der Waals surface area contributed by atoms with Crippen LogP contribution in [0.5, 0.6) is 0 Å². The van der Waals surface area contributed by atoms with Crippen molar-refractivity contribution in [1.29, 1.82) is 0 Å². The minimum Gasteiger partial charge on any atom is -0.349 e. The van der Waals surface area contributed by atoms with Gasteiger partial charge < -0.3 is 5.32 Å². The van der Waals surface area contributed by atoms with Gasteiger partial charge in [0.15, 0.2) is 0 Å². The Morgan fingerprint density at radius 3 is 2.52 bits per heavy atom. The lowest BCUT2D eigenvalue weighted by atomic mass is 9.82. The van der Waals surface area contributed by atoms with Gasteiger partial charge in [0.2, 0.25) is 10.0 Å². The molecule has 27 heavy (non-hydrogen) atoms. The van der Waals surface area contributed by atoms with Gasteiger partial charge >= 0.3 is 0 Å². The molecule has 1 aromatic heterocycles. The Labute approximate surface area is 163 Å². The monoisotopic (exact) mass is 410 g/mol. The fourth-order valence-corrected chi connectivity index (χ4v) is 5.55. The lowest BCUT2D eigenvalue weighted by Gasteiger charge is -2.37. The van der Waals surface area contributed by atoms with Gasteiger partial charge in [-0.15, -0.1) is 11.3 Å². The Balaban J connectivity index is 1.70. The maximum absolute atomic E-state index is 13.9. The third-order valence-corrected chi connectivity index (χ3v) is 6.69. The van der Waals surface area contributed by atoms with E-state index in [1.165, 1.54) is 17.4 Å². The molecule has 1 amide bonds. The molecule has 1 saturated carbocycles. The van der Waals surface area contributed by atoms with Crippen molar-refractivity contribution in [3.8, 4) is 10.4 Å². The highest BCUT2D eigenvalue weighted by Crippen LogP contribution is 2.31. The summed E-state index contributed by atoms with van der Waals surface area (Å²) < 4.78 is 40.2. The van der Waals surface area contributed by atoms with Crippen molar-refractivity contribution in [3.63, 3.8) is 0 Å². The number of thiophene rings is 1. The first-order valence-corrected chi connectivity index (χ1v) is 11.6. The van der Waals surface area contributed by atoms with Crippen molar-refractivity contribution in [3.05, 3.63) is 47.1 Å². The molecule has 0 aliphatic heterocycles. The van der Waals surface area contributed by atoms with E-state index in [1.807, 2.05) is 0 Å². The summed E-state index contributed by atoms with van der Waals surface area (Å²) in [6.45, 7) is 0.242. The predicted octanol–water partition coefficient (Wildman–Crippen LogP) is 3.54. The summed E-state index contributed by atoms with van der Waals surface area (Å²) in [6.07, 6.45) is 5.46. The molecule has 3 rings (SSSR count). The molecule has 0 atom stereocenters. The molecular weight excluding hydrogens is 387 g/mol. The van der Waals surface area contributed by atoms with Gasteiger partial charge in [-0.05, 0) is 31.0 Å². The van der Waals surface area contributed by atoms with Crippen LogP contribution < -0.4 is 10.0 Å². The maximum atomic E-state index is 13.9. The molecule has 1 aromatic carbocycles. The summed E-state index contributed by atoms with van der Waals surface area (Å²) in [4.78, 5) is 13.7. The zero-order valence-electron chi connectivity index (χ0n) is 15.1.